The number of carbonyl (C=O) groups is 2. The predicted molar refractivity (Wildman–Crippen MR) is 130 cm³/mol. The molecular weight excluding hydrogens is 414 g/mol. The van der Waals surface area contributed by atoms with Gasteiger partial charge >= 0.3 is 5.97 Å². The van der Waals surface area contributed by atoms with Gasteiger partial charge in [-0.15, -0.1) is 0 Å². The van der Waals surface area contributed by atoms with Crippen LogP contribution >= 0.6 is 0 Å². The minimum atomic E-state index is -0.439. The van der Waals surface area contributed by atoms with Crippen LogP contribution in [0.2, 0.25) is 0 Å². The summed E-state index contributed by atoms with van der Waals surface area (Å²) in [7, 11) is 0. The first-order valence-corrected chi connectivity index (χ1v) is 11.7. The number of carbonyl (C=O) groups excluding carboxylic acids is 2. The fraction of sp³-hybridized carbons (Fsp3) is 0.429. The smallest absolute Gasteiger partial charge is 0.307 e. The van der Waals surface area contributed by atoms with E-state index in [9.17, 15) is 9.59 Å². The number of likely N-dealkylation sites (tertiary alicyclic amines) is 1. The largest absolute Gasteiger partial charge is 0.492 e. The topological polar surface area (TPSA) is 55.8 Å². The van der Waals surface area contributed by atoms with E-state index in [1.807, 2.05) is 69.3 Å². The number of nitrogens with zero attached hydrogens (tertiary/aromatic N) is 1. The molecule has 2 aromatic rings. The van der Waals surface area contributed by atoms with Crippen molar-refractivity contribution in [1.29, 1.82) is 0 Å². The lowest BCUT2D eigenvalue weighted by molar-refractivity contribution is -0.155. The van der Waals surface area contributed by atoms with Crippen molar-refractivity contribution in [2.24, 2.45) is 0 Å². The molecule has 0 radical (unpaired) electrons. The van der Waals surface area contributed by atoms with Crippen molar-refractivity contribution in [3.8, 4) is 5.75 Å². The van der Waals surface area contributed by atoms with Crippen LogP contribution in [0.25, 0.3) is 6.08 Å². The van der Waals surface area contributed by atoms with Crippen molar-refractivity contribution < 1.29 is 19.1 Å². The lowest BCUT2D eigenvalue weighted by atomic mass is 9.74. The lowest BCUT2D eigenvalue weighted by Crippen LogP contribution is -2.44. The summed E-state index contributed by atoms with van der Waals surface area (Å²) < 4.78 is 11.5. The second-order valence-electron chi connectivity index (χ2n) is 10.1. The third-order valence-electron chi connectivity index (χ3n) is 6.43. The van der Waals surface area contributed by atoms with E-state index < -0.39 is 5.60 Å². The number of allylic oxidation sites excluding steroid dienone is 1. The molecule has 0 aliphatic carbocycles. The molecule has 0 aromatic heterocycles. The number of esters is 1. The average molecular weight is 448 g/mol. The summed E-state index contributed by atoms with van der Waals surface area (Å²) in [6, 6.07) is 15.7. The maximum absolute atomic E-state index is 12.7. The van der Waals surface area contributed by atoms with Gasteiger partial charge in [0.15, 0.2) is 5.78 Å². The number of ether oxygens (including phenoxy) is 2. The zero-order valence-corrected chi connectivity index (χ0v) is 19.8. The van der Waals surface area contributed by atoms with Gasteiger partial charge in [0, 0.05) is 23.1 Å². The molecule has 174 valence electrons. The highest BCUT2D eigenvalue weighted by Crippen LogP contribution is 2.45. The molecule has 0 bridgehead atoms. The molecule has 0 N–H and O–H groups in total. The fourth-order valence-corrected chi connectivity index (χ4v) is 4.62. The zero-order valence-electron chi connectivity index (χ0n) is 19.8. The van der Waals surface area contributed by atoms with Crippen LogP contribution in [0.3, 0.4) is 0 Å². The quantitative estimate of drug-likeness (QED) is 0.353. The third-order valence-corrected chi connectivity index (χ3v) is 6.43. The number of hydrogen-bond donors (Lipinski definition) is 0. The molecule has 1 spiro atoms. The molecule has 5 heteroatoms. The molecule has 2 aliphatic heterocycles. The van der Waals surface area contributed by atoms with Crippen molar-refractivity contribution in [2.75, 3.05) is 26.2 Å². The monoisotopic (exact) mass is 447 g/mol. The van der Waals surface area contributed by atoms with Crippen molar-refractivity contribution in [3.63, 3.8) is 0 Å². The number of fused-ring (bicyclic) bond motifs is 2. The van der Waals surface area contributed by atoms with Crippen LogP contribution in [0.4, 0.5) is 0 Å². The minimum Gasteiger partial charge on any atom is -0.492 e. The molecule has 2 heterocycles. The molecule has 5 nitrogen and oxygen atoms in total. The van der Waals surface area contributed by atoms with Gasteiger partial charge in [-0.2, -0.15) is 0 Å². The number of rotatable bonds is 6. The van der Waals surface area contributed by atoms with Crippen molar-refractivity contribution >= 4 is 17.8 Å². The fourth-order valence-electron chi connectivity index (χ4n) is 4.62. The molecule has 1 fully saturated rings. The van der Waals surface area contributed by atoms with E-state index >= 15 is 0 Å². The third kappa shape index (κ3) is 5.72. The van der Waals surface area contributed by atoms with Crippen molar-refractivity contribution in [1.82, 2.24) is 4.90 Å². The molecule has 33 heavy (non-hydrogen) atoms. The summed E-state index contributed by atoms with van der Waals surface area (Å²) in [4.78, 5) is 27.0. The van der Waals surface area contributed by atoms with Crippen LogP contribution in [0.5, 0.6) is 5.75 Å². The Bertz CT molecular complexity index is 1030. The Kier molecular flexibility index (Phi) is 6.71. The number of ketones is 1. The van der Waals surface area contributed by atoms with Crippen LogP contribution in [-0.2, 0) is 14.9 Å². The second kappa shape index (κ2) is 9.52. The Morgan fingerprint density at radius 1 is 1.09 bits per heavy atom. The van der Waals surface area contributed by atoms with Gasteiger partial charge in [-0.1, -0.05) is 48.5 Å². The molecule has 0 unspecified atom stereocenters. The Labute approximate surface area is 196 Å². The normalized spacial score (nSPS) is 17.7. The Morgan fingerprint density at radius 3 is 2.52 bits per heavy atom. The molecule has 0 atom stereocenters. The SMILES string of the molecule is CC(C)(C)OC(=O)CCN1CCC2(CC1)COc1cc(C(=O)/C=C/c3ccccc3)ccc12. The Hall–Kier alpha value is -2.92. The van der Waals surface area contributed by atoms with E-state index in [0.29, 0.717) is 18.6 Å². The Morgan fingerprint density at radius 2 is 1.82 bits per heavy atom. The minimum absolute atomic E-state index is 0.000786. The standard InChI is InChI=1S/C28H33NO4/c1-27(2,3)33-26(31)13-16-29-17-14-28(15-18-29)20-32-25-19-22(10-11-23(25)28)24(30)12-9-21-7-5-4-6-8-21/h4-12,19H,13-18,20H2,1-3H3/b12-9+. The first kappa shape index (κ1) is 23.2. The van der Waals surface area contributed by atoms with Crippen LogP contribution in [0.15, 0.2) is 54.6 Å². The van der Waals surface area contributed by atoms with Gasteiger partial charge < -0.3 is 14.4 Å². The van der Waals surface area contributed by atoms with Crippen molar-refractivity contribution in [2.45, 2.75) is 51.0 Å². The first-order chi connectivity index (χ1) is 15.7. The van der Waals surface area contributed by atoms with Gasteiger partial charge in [0.25, 0.3) is 0 Å². The van der Waals surface area contributed by atoms with Crippen LogP contribution in [0, 0.1) is 0 Å². The average Bonchev–Trinajstić information content (AvgIpc) is 3.14. The zero-order chi connectivity index (χ0) is 23.5. The summed E-state index contributed by atoms with van der Waals surface area (Å²) in [6.07, 6.45) is 5.83. The second-order valence-corrected chi connectivity index (χ2v) is 10.1. The Balaban J connectivity index is 1.35. The van der Waals surface area contributed by atoms with Gasteiger partial charge in [-0.25, -0.2) is 0 Å². The van der Waals surface area contributed by atoms with E-state index in [0.717, 1.165) is 43.8 Å². The summed E-state index contributed by atoms with van der Waals surface area (Å²) in [6.45, 7) is 8.90. The van der Waals surface area contributed by atoms with Crippen LogP contribution in [-0.4, -0.2) is 48.5 Å². The van der Waals surface area contributed by atoms with E-state index in [4.69, 9.17) is 9.47 Å². The molecule has 0 amide bonds. The summed E-state index contributed by atoms with van der Waals surface area (Å²) in [5.41, 5.74) is 2.41. The van der Waals surface area contributed by atoms with Gasteiger partial charge in [-0.3, -0.25) is 9.59 Å². The molecule has 4 rings (SSSR count). The summed E-state index contributed by atoms with van der Waals surface area (Å²) in [5.74, 6) is 0.662. The summed E-state index contributed by atoms with van der Waals surface area (Å²) in [5, 5.41) is 0. The highest BCUT2D eigenvalue weighted by molar-refractivity contribution is 6.07. The van der Waals surface area contributed by atoms with Gasteiger partial charge in [0.2, 0.25) is 0 Å². The van der Waals surface area contributed by atoms with Gasteiger partial charge in [0.05, 0.1) is 13.0 Å². The molecular formula is C28H33NO4. The first-order valence-electron chi connectivity index (χ1n) is 11.7. The van der Waals surface area contributed by atoms with E-state index in [-0.39, 0.29) is 17.2 Å². The molecule has 2 aromatic carbocycles. The van der Waals surface area contributed by atoms with E-state index in [1.54, 1.807) is 6.08 Å². The van der Waals surface area contributed by atoms with E-state index in [2.05, 4.69) is 11.0 Å². The summed E-state index contributed by atoms with van der Waals surface area (Å²) >= 11 is 0. The molecule has 1 saturated heterocycles. The number of piperidine rings is 1. The van der Waals surface area contributed by atoms with E-state index in [1.165, 1.54) is 5.56 Å². The van der Waals surface area contributed by atoms with Crippen LogP contribution < -0.4 is 4.74 Å². The maximum atomic E-state index is 12.7. The highest BCUT2D eigenvalue weighted by atomic mass is 16.6. The molecule has 2 aliphatic rings. The van der Waals surface area contributed by atoms with Gasteiger partial charge in [-0.05, 0) is 64.4 Å². The van der Waals surface area contributed by atoms with Gasteiger partial charge in [0.1, 0.15) is 11.4 Å². The number of benzene rings is 2. The highest BCUT2D eigenvalue weighted by Gasteiger charge is 2.43. The van der Waals surface area contributed by atoms with Crippen molar-refractivity contribution in [3.05, 3.63) is 71.3 Å². The van der Waals surface area contributed by atoms with Crippen LogP contribution in [0.1, 0.15) is 61.5 Å². The lowest BCUT2D eigenvalue weighted by Gasteiger charge is -2.38. The predicted octanol–water partition coefficient (Wildman–Crippen LogP) is 5.04. The number of hydrogen-bond acceptors (Lipinski definition) is 5. The maximum Gasteiger partial charge on any atom is 0.307 e. The molecule has 0 saturated carbocycles.